The van der Waals surface area contributed by atoms with Gasteiger partial charge in [0.05, 0.1) is 5.39 Å². The third kappa shape index (κ3) is 3.30. The zero-order valence-corrected chi connectivity index (χ0v) is 13.8. The first-order valence-electron chi connectivity index (χ1n) is 7.73. The first-order valence-corrected chi connectivity index (χ1v) is 7.73. The van der Waals surface area contributed by atoms with Gasteiger partial charge >= 0.3 is 0 Å². The monoisotopic (exact) mass is 336 g/mol. The molecule has 0 aliphatic heterocycles. The number of hydrogen-bond acceptors (Lipinski definition) is 5. The summed E-state index contributed by atoms with van der Waals surface area (Å²) in [4.78, 5) is 36.2. The van der Waals surface area contributed by atoms with Crippen LogP contribution in [0.5, 0.6) is 0 Å². The van der Waals surface area contributed by atoms with E-state index in [4.69, 9.17) is 0 Å². The van der Waals surface area contributed by atoms with Crippen molar-refractivity contribution in [2.24, 2.45) is 0 Å². The lowest BCUT2D eigenvalue weighted by Gasteiger charge is -2.14. The Hall–Kier alpha value is -3.35. The van der Waals surface area contributed by atoms with Crippen molar-refractivity contribution in [3.8, 4) is 0 Å². The highest BCUT2D eigenvalue weighted by atomic mass is 16.2. The molecule has 126 valence electrons. The van der Waals surface area contributed by atoms with Crippen LogP contribution < -0.4 is 10.9 Å². The minimum Gasteiger partial charge on any atom is -0.324 e. The van der Waals surface area contributed by atoms with Crippen LogP contribution in [-0.2, 0) is 4.79 Å². The van der Waals surface area contributed by atoms with Gasteiger partial charge in [0.1, 0.15) is 11.6 Å². The van der Waals surface area contributed by atoms with Gasteiger partial charge in [-0.3, -0.25) is 14.4 Å². The predicted molar refractivity (Wildman–Crippen MR) is 93.6 cm³/mol. The van der Waals surface area contributed by atoms with Crippen molar-refractivity contribution < 1.29 is 9.59 Å². The molecule has 0 unspecified atom stereocenters. The fourth-order valence-electron chi connectivity index (χ4n) is 2.40. The Bertz CT molecular complexity index is 1010. The maximum Gasteiger partial charge on any atom is 0.278 e. The van der Waals surface area contributed by atoms with E-state index in [0.717, 1.165) is 4.68 Å². The van der Waals surface area contributed by atoms with Crippen molar-refractivity contribution in [3.05, 3.63) is 64.4 Å². The molecule has 2 aromatic carbocycles. The van der Waals surface area contributed by atoms with Gasteiger partial charge < -0.3 is 5.32 Å². The highest BCUT2D eigenvalue weighted by molar-refractivity contribution is 5.96. The van der Waals surface area contributed by atoms with Crippen molar-refractivity contribution in [2.45, 2.75) is 19.9 Å². The second-order valence-electron chi connectivity index (χ2n) is 5.66. The topological polar surface area (TPSA) is 93.9 Å². The number of fused-ring (bicyclic) bond motifs is 1. The van der Waals surface area contributed by atoms with E-state index in [9.17, 15) is 14.4 Å². The summed E-state index contributed by atoms with van der Waals surface area (Å²) in [6.07, 6.45) is 0. The first-order chi connectivity index (χ1) is 12.0. The molecule has 7 nitrogen and oxygen atoms in total. The summed E-state index contributed by atoms with van der Waals surface area (Å²) < 4.78 is 1.06. The lowest BCUT2D eigenvalue weighted by Crippen LogP contribution is -2.34. The molecule has 1 amide bonds. The first kappa shape index (κ1) is 16.5. The van der Waals surface area contributed by atoms with E-state index >= 15 is 0 Å². The lowest BCUT2D eigenvalue weighted by molar-refractivity contribution is -0.119. The summed E-state index contributed by atoms with van der Waals surface area (Å²) >= 11 is 0. The summed E-state index contributed by atoms with van der Waals surface area (Å²) in [6.45, 7) is 3.05. The molecular weight excluding hydrogens is 320 g/mol. The molecule has 0 saturated heterocycles. The predicted octanol–water partition coefficient (Wildman–Crippen LogP) is 2.19. The highest BCUT2D eigenvalue weighted by Crippen LogP contribution is 2.13. The molecule has 3 rings (SSSR count). The van der Waals surface area contributed by atoms with Gasteiger partial charge in [-0.25, -0.2) is 0 Å². The molecule has 0 aliphatic carbocycles. The lowest BCUT2D eigenvalue weighted by atomic mass is 10.1. The van der Waals surface area contributed by atoms with Crippen LogP contribution in [0, 0.1) is 0 Å². The zero-order valence-electron chi connectivity index (χ0n) is 13.8. The number of Topliss-reactive ketones (excluding diaryl/α,β-unsaturated/α-hetero) is 1. The third-order valence-electron chi connectivity index (χ3n) is 3.90. The van der Waals surface area contributed by atoms with Gasteiger partial charge in [0.2, 0.25) is 5.91 Å². The maximum absolute atomic E-state index is 12.5. The molecule has 1 atom stereocenters. The Labute approximate surface area is 143 Å². The number of carbonyl (C=O) groups is 2. The SMILES string of the molecule is CC(=O)c1ccc(NC(=O)[C@@H](C)n2nnc3ccccc3c2=O)cc1. The zero-order chi connectivity index (χ0) is 18.0. The minimum atomic E-state index is -0.836. The molecule has 1 heterocycles. The van der Waals surface area contributed by atoms with Crippen LogP contribution in [0.2, 0.25) is 0 Å². The quantitative estimate of drug-likeness (QED) is 0.737. The van der Waals surface area contributed by atoms with E-state index in [1.807, 2.05) is 0 Å². The van der Waals surface area contributed by atoms with Crippen molar-refractivity contribution >= 4 is 28.3 Å². The molecule has 0 saturated carbocycles. The summed E-state index contributed by atoms with van der Waals surface area (Å²) in [6, 6.07) is 12.5. The summed E-state index contributed by atoms with van der Waals surface area (Å²) in [5.74, 6) is -0.452. The van der Waals surface area contributed by atoms with Crippen LogP contribution in [0.1, 0.15) is 30.2 Å². The molecule has 0 bridgehead atoms. The molecule has 0 radical (unpaired) electrons. The van der Waals surface area contributed by atoms with E-state index in [1.54, 1.807) is 55.5 Å². The number of ketones is 1. The highest BCUT2D eigenvalue weighted by Gasteiger charge is 2.19. The van der Waals surface area contributed by atoms with Crippen LogP contribution >= 0.6 is 0 Å². The number of nitrogens with one attached hydrogen (secondary N) is 1. The standard InChI is InChI=1S/C18H16N4O3/c1-11(17(24)19-14-9-7-13(8-10-14)12(2)23)22-18(25)15-5-3-4-6-16(15)20-21-22/h3-11H,1-2H3,(H,19,24)/t11-/m1/s1. The van der Waals surface area contributed by atoms with Crippen LogP contribution in [-0.4, -0.2) is 26.7 Å². The Morgan fingerprint density at radius 2 is 1.76 bits per heavy atom. The largest absolute Gasteiger partial charge is 0.324 e. The van der Waals surface area contributed by atoms with Crippen molar-refractivity contribution in [1.82, 2.24) is 15.0 Å². The van der Waals surface area contributed by atoms with E-state index in [1.165, 1.54) is 6.92 Å². The molecule has 1 N–H and O–H groups in total. The van der Waals surface area contributed by atoms with Crippen molar-refractivity contribution in [3.63, 3.8) is 0 Å². The summed E-state index contributed by atoms with van der Waals surface area (Å²) in [5.41, 5.74) is 1.20. The third-order valence-corrected chi connectivity index (χ3v) is 3.90. The Kier molecular flexibility index (Phi) is 4.38. The number of amides is 1. The molecule has 3 aromatic rings. The van der Waals surface area contributed by atoms with E-state index in [2.05, 4.69) is 15.6 Å². The van der Waals surface area contributed by atoms with Crippen LogP contribution in [0.4, 0.5) is 5.69 Å². The fraction of sp³-hybridized carbons (Fsp3) is 0.167. The summed E-state index contributed by atoms with van der Waals surface area (Å²) in [5, 5.41) is 10.9. The van der Waals surface area contributed by atoms with Gasteiger partial charge in [-0.1, -0.05) is 17.3 Å². The molecule has 25 heavy (non-hydrogen) atoms. The van der Waals surface area contributed by atoms with E-state index in [0.29, 0.717) is 22.2 Å². The summed E-state index contributed by atoms with van der Waals surface area (Å²) in [7, 11) is 0. The average molecular weight is 336 g/mol. The van der Waals surface area contributed by atoms with Crippen LogP contribution in [0.3, 0.4) is 0 Å². The van der Waals surface area contributed by atoms with Gasteiger partial charge in [-0.15, -0.1) is 5.10 Å². The molecule has 7 heteroatoms. The Morgan fingerprint density at radius 1 is 1.08 bits per heavy atom. The van der Waals surface area contributed by atoms with Crippen LogP contribution in [0.25, 0.3) is 10.9 Å². The molecule has 0 spiro atoms. The minimum absolute atomic E-state index is 0.0516. The number of aromatic nitrogens is 3. The van der Waals surface area contributed by atoms with Gasteiger partial charge in [-0.05, 0) is 50.2 Å². The number of anilines is 1. The average Bonchev–Trinajstić information content (AvgIpc) is 2.62. The number of nitrogens with zero attached hydrogens (tertiary/aromatic N) is 3. The normalized spacial score (nSPS) is 11.9. The smallest absolute Gasteiger partial charge is 0.278 e. The fourth-order valence-corrected chi connectivity index (χ4v) is 2.40. The molecular formula is C18H16N4O3. The van der Waals surface area contributed by atoms with E-state index < -0.39 is 11.9 Å². The van der Waals surface area contributed by atoms with Gasteiger partial charge in [0.25, 0.3) is 5.56 Å². The van der Waals surface area contributed by atoms with Crippen molar-refractivity contribution in [1.29, 1.82) is 0 Å². The molecule has 1 aromatic heterocycles. The molecule has 0 aliphatic rings. The Balaban J connectivity index is 1.84. The van der Waals surface area contributed by atoms with E-state index in [-0.39, 0.29) is 11.3 Å². The second kappa shape index (κ2) is 6.64. The number of hydrogen-bond donors (Lipinski definition) is 1. The maximum atomic E-state index is 12.5. The number of benzene rings is 2. The Morgan fingerprint density at radius 3 is 2.44 bits per heavy atom. The van der Waals surface area contributed by atoms with Crippen LogP contribution in [0.15, 0.2) is 53.3 Å². The van der Waals surface area contributed by atoms with Gasteiger partial charge in [-0.2, -0.15) is 4.68 Å². The van der Waals surface area contributed by atoms with Gasteiger partial charge in [0, 0.05) is 11.3 Å². The molecule has 0 fully saturated rings. The van der Waals surface area contributed by atoms with Gasteiger partial charge in [0.15, 0.2) is 5.78 Å². The van der Waals surface area contributed by atoms with Crippen molar-refractivity contribution in [2.75, 3.05) is 5.32 Å². The number of rotatable bonds is 4. The number of carbonyl (C=O) groups excluding carboxylic acids is 2. The second-order valence-corrected chi connectivity index (χ2v) is 5.66.